The highest BCUT2D eigenvalue weighted by molar-refractivity contribution is 6.03. The van der Waals surface area contributed by atoms with Crippen LogP contribution in [-0.4, -0.2) is 39.1 Å². The molecule has 4 rings (SSSR count). The SMILES string of the molecule is O=C(Nc1ccc2nc(NCCO)oc2c1)c1cccc(-c2cccnc2)n1. The Hall–Kier alpha value is -3.78. The van der Waals surface area contributed by atoms with E-state index in [0.29, 0.717) is 40.7 Å². The monoisotopic (exact) mass is 375 g/mol. The summed E-state index contributed by atoms with van der Waals surface area (Å²) in [6.07, 6.45) is 3.38. The van der Waals surface area contributed by atoms with Crippen molar-refractivity contribution in [1.82, 2.24) is 15.0 Å². The maximum absolute atomic E-state index is 12.6. The van der Waals surface area contributed by atoms with E-state index in [2.05, 4.69) is 25.6 Å². The van der Waals surface area contributed by atoms with Gasteiger partial charge < -0.3 is 20.2 Å². The number of carbonyl (C=O) groups excluding carboxylic acids is 1. The van der Waals surface area contributed by atoms with Crippen LogP contribution in [0, 0.1) is 0 Å². The number of oxazole rings is 1. The van der Waals surface area contributed by atoms with Crippen molar-refractivity contribution in [2.24, 2.45) is 0 Å². The first-order valence-corrected chi connectivity index (χ1v) is 8.67. The molecule has 1 aromatic carbocycles. The molecule has 0 aliphatic heterocycles. The second-order valence-corrected chi connectivity index (χ2v) is 5.96. The van der Waals surface area contributed by atoms with Gasteiger partial charge in [-0.05, 0) is 36.4 Å². The molecule has 3 heterocycles. The van der Waals surface area contributed by atoms with E-state index in [1.807, 2.05) is 18.2 Å². The largest absolute Gasteiger partial charge is 0.423 e. The Balaban J connectivity index is 1.53. The summed E-state index contributed by atoms with van der Waals surface area (Å²) in [5.41, 5.74) is 3.54. The summed E-state index contributed by atoms with van der Waals surface area (Å²) in [5, 5.41) is 14.5. The predicted molar refractivity (Wildman–Crippen MR) is 105 cm³/mol. The summed E-state index contributed by atoms with van der Waals surface area (Å²) in [5.74, 6) is -0.330. The van der Waals surface area contributed by atoms with E-state index in [9.17, 15) is 4.79 Å². The van der Waals surface area contributed by atoms with E-state index in [1.54, 1.807) is 42.7 Å². The van der Waals surface area contributed by atoms with Gasteiger partial charge in [-0.2, -0.15) is 4.98 Å². The van der Waals surface area contributed by atoms with Crippen molar-refractivity contribution in [3.05, 3.63) is 66.6 Å². The number of hydrogen-bond acceptors (Lipinski definition) is 7. The van der Waals surface area contributed by atoms with Crippen molar-refractivity contribution in [3.63, 3.8) is 0 Å². The van der Waals surface area contributed by atoms with Gasteiger partial charge in [0.15, 0.2) is 5.58 Å². The molecule has 0 bridgehead atoms. The summed E-state index contributed by atoms with van der Waals surface area (Å²) >= 11 is 0. The van der Waals surface area contributed by atoms with Gasteiger partial charge in [-0.3, -0.25) is 9.78 Å². The van der Waals surface area contributed by atoms with Crippen molar-refractivity contribution in [3.8, 4) is 11.3 Å². The normalized spacial score (nSPS) is 10.8. The number of aliphatic hydroxyl groups is 1. The van der Waals surface area contributed by atoms with Crippen molar-refractivity contribution in [1.29, 1.82) is 0 Å². The fraction of sp³-hybridized carbons (Fsp3) is 0.100. The zero-order chi connectivity index (χ0) is 19.3. The second kappa shape index (κ2) is 7.85. The fourth-order valence-corrected chi connectivity index (χ4v) is 2.67. The van der Waals surface area contributed by atoms with Gasteiger partial charge in [-0.25, -0.2) is 4.98 Å². The number of hydrogen-bond donors (Lipinski definition) is 3. The molecule has 0 unspecified atom stereocenters. The van der Waals surface area contributed by atoms with E-state index in [1.165, 1.54) is 0 Å². The molecule has 28 heavy (non-hydrogen) atoms. The number of carbonyl (C=O) groups is 1. The van der Waals surface area contributed by atoms with Crippen LogP contribution in [0.25, 0.3) is 22.4 Å². The van der Waals surface area contributed by atoms with Crippen molar-refractivity contribution in [2.75, 3.05) is 23.8 Å². The van der Waals surface area contributed by atoms with E-state index in [0.717, 1.165) is 5.56 Å². The van der Waals surface area contributed by atoms with Crippen LogP contribution in [-0.2, 0) is 0 Å². The highest BCUT2D eigenvalue weighted by atomic mass is 16.4. The standard InChI is InChI=1S/C20H17N5O3/c26-10-9-22-20-25-16-7-6-14(11-18(16)28-20)23-19(27)17-5-1-4-15(24-17)13-3-2-8-21-12-13/h1-8,11-12,26H,9-10H2,(H,22,25)(H,23,27). The Kier molecular flexibility index (Phi) is 4.94. The minimum absolute atomic E-state index is 0.0227. The molecule has 0 spiro atoms. The zero-order valence-electron chi connectivity index (χ0n) is 14.8. The fourth-order valence-electron chi connectivity index (χ4n) is 2.67. The highest BCUT2D eigenvalue weighted by Gasteiger charge is 2.11. The lowest BCUT2D eigenvalue weighted by Crippen LogP contribution is -2.13. The Labute approximate surface area is 160 Å². The first kappa shape index (κ1) is 17.6. The molecule has 8 heteroatoms. The molecular formula is C20H17N5O3. The number of aliphatic hydroxyl groups excluding tert-OH is 1. The van der Waals surface area contributed by atoms with Gasteiger partial charge in [-0.1, -0.05) is 6.07 Å². The van der Waals surface area contributed by atoms with E-state index < -0.39 is 0 Å². The van der Waals surface area contributed by atoms with Crippen molar-refractivity contribution < 1.29 is 14.3 Å². The maximum Gasteiger partial charge on any atom is 0.295 e. The number of nitrogens with one attached hydrogen (secondary N) is 2. The Bertz CT molecular complexity index is 1110. The average Bonchev–Trinajstić information content (AvgIpc) is 3.15. The van der Waals surface area contributed by atoms with Crippen LogP contribution in [0.1, 0.15) is 10.5 Å². The number of pyridine rings is 2. The lowest BCUT2D eigenvalue weighted by Gasteiger charge is -2.06. The number of benzene rings is 1. The third-order valence-corrected chi connectivity index (χ3v) is 3.97. The predicted octanol–water partition coefficient (Wildman–Crippen LogP) is 2.94. The van der Waals surface area contributed by atoms with Crippen LogP contribution in [0.15, 0.2) is 65.3 Å². The molecule has 0 aliphatic carbocycles. The van der Waals surface area contributed by atoms with Crippen LogP contribution in [0.5, 0.6) is 0 Å². The molecule has 3 N–H and O–H groups in total. The number of aromatic nitrogens is 3. The Morgan fingerprint density at radius 3 is 2.86 bits per heavy atom. The van der Waals surface area contributed by atoms with Gasteiger partial charge in [0.2, 0.25) is 0 Å². The minimum Gasteiger partial charge on any atom is -0.423 e. The number of anilines is 2. The average molecular weight is 375 g/mol. The van der Waals surface area contributed by atoms with Crippen LogP contribution < -0.4 is 10.6 Å². The summed E-state index contributed by atoms with van der Waals surface area (Å²) in [6, 6.07) is 14.5. The van der Waals surface area contributed by atoms with Gasteiger partial charge in [0.1, 0.15) is 11.2 Å². The van der Waals surface area contributed by atoms with Crippen LogP contribution in [0.4, 0.5) is 11.7 Å². The second-order valence-electron chi connectivity index (χ2n) is 5.96. The highest BCUT2D eigenvalue weighted by Crippen LogP contribution is 2.23. The number of amides is 1. The summed E-state index contributed by atoms with van der Waals surface area (Å²) in [6.45, 7) is 0.320. The lowest BCUT2D eigenvalue weighted by molar-refractivity contribution is 0.102. The summed E-state index contributed by atoms with van der Waals surface area (Å²) in [7, 11) is 0. The molecule has 0 fully saturated rings. The molecule has 0 saturated heterocycles. The van der Waals surface area contributed by atoms with Gasteiger partial charge in [0.25, 0.3) is 11.9 Å². The smallest absolute Gasteiger partial charge is 0.295 e. The van der Waals surface area contributed by atoms with Gasteiger partial charge in [-0.15, -0.1) is 0 Å². The molecule has 4 aromatic rings. The van der Waals surface area contributed by atoms with Gasteiger partial charge >= 0.3 is 0 Å². The molecule has 0 radical (unpaired) electrons. The van der Waals surface area contributed by atoms with E-state index in [4.69, 9.17) is 9.52 Å². The first-order chi connectivity index (χ1) is 13.7. The third-order valence-electron chi connectivity index (χ3n) is 3.97. The summed E-state index contributed by atoms with van der Waals surface area (Å²) in [4.78, 5) is 25.4. The van der Waals surface area contributed by atoms with E-state index >= 15 is 0 Å². The van der Waals surface area contributed by atoms with Gasteiger partial charge in [0, 0.05) is 36.3 Å². The lowest BCUT2D eigenvalue weighted by atomic mass is 10.2. The van der Waals surface area contributed by atoms with Crippen LogP contribution in [0.2, 0.25) is 0 Å². The molecule has 0 atom stereocenters. The van der Waals surface area contributed by atoms with Gasteiger partial charge in [0.05, 0.1) is 12.3 Å². The van der Waals surface area contributed by atoms with E-state index in [-0.39, 0.29) is 12.5 Å². The molecule has 140 valence electrons. The molecule has 3 aromatic heterocycles. The topological polar surface area (TPSA) is 113 Å². The molecule has 8 nitrogen and oxygen atoms in total. The molecule has 0 saturated carbocycles. The Morgan fingerprint density at radius 2 is 2.04 bits per heavy atom. The quantitative estimate of drug-likeness (QED) is 0.475. The number of nitrogens with zero attached hydrogens (tertiary/aromatic N) is 3. The minimum atomic E-state index is -0.330. The van der Waals surface area contributed by atoms with Crippen LogP contribution >= 0.6 is 0 Å². The Morgan fingerprint density at radius 1 is 1.11 bits per heavy atom. The molecular weight excluding hydrogens is 358 g/mol. The maximum atomic E-state index is 12.6. The zero-order valence-corrected chi connectivity index (χ0v) is 14.8. The first-order valence-electron chi connectivity index (χ1n) is 8.67. The molecule has 0 aliphatic rings. The van der Waals surface area contributed by atoms with Crippen LogP contribution in [0.3, 0.4) is 0 Å². The number of rotatable bonds is 6. The van der Waals surface area contributed by atoms with Crippen molar-refractivity contribution >= 4 is 28.7 Å². The molecule has 1 amide bonds. The number of fused-ring (bicyclic) bond motifs is 1. The third kappa shape index (κ3) is 3.81. The van der Waals surface area contributed by atoms with Crippen molar-refractivity contribution in [2.45, 2.75) is 0 Å². The summed E-state index contributed by atoms with van der Waals surface area (Å²) < 4.78 is 5.57.